The summed E-state index contributed by atoms with van der Waals surface area (Å²) in [5.74, 6) is -0.0448. The Morgan fingerprint density at radius 3 is 2.30 bits per heavy atom. The molecule has 0 aliphatic carbocycles. The van der Waals surface area contributed by atoms with Crippen LogP contribution < -0.4 is 10.6 Å². The summed E-state index contributed by atoms with van der Waals surface area (Å²) in [6.45, 7) is 7.35. The zero-order valence-electron chi connectivity index (χ0n) is 13.3. The highest BCUT2D eigenvalue weighted by molar-refractivity contribution is 5.93. The smallest absolute Gasteiger partial charge is 0.251 e. The van der Waals surface area contributed by atoms with Gasteiger partial charge in [-0.05, 0) is 37.2 Å². The molecule has 0 atom stereocenters. The van der Waals surface area contributed by atoms with Gasteiger partial charge in [-0.15, -0.1) is 0 Å². The van der Waals surface area contributed by atoms with Crippen LogP contribution in [-0.2, 0) is 6.54 Å². The number of carbonyl (C=O) groups is 1. The fourth-order valence-corrected chi connectivity index (χ4v) is 2.38. The van der Waals surface area contributed by atoms with Gasteiger partial charge < -0.3 is 15.5 Å². The third kappa shape index (κ3) is 5.72. The largest absolute Gasteiger partial charge is 0.355 e. The maximum absolute atomic E-state index is 11.4. The normalized spacial score (nSPS) is 11.7. The van der Waals surface area contributed by atoms with Gasteiger partial charge in [-0.2, -0.15) is 0 Å². The summed E-state index contributed by atoms with van der Waals surface area (Å²) < 4.78 is 0. The fourth-order valence-electron chi connectivity index (χ4n) is 2.38. The molecule has 20 heavy (non-hydrogen) atoms. The number of carbonyl (C=O) groups excluding carboxylic acids is 1. The summed E-state index contributed by atoms with van der Waals surface area (Å²) in [6.07, 6.45) is 0. The maximum Gasteiger partial charge on any atom is 0.251 e. The van der Waals surface area contributed by atoms with E-state index in [1.165, 1.54) is 5.56 Å². The van der Waals surface area contributed by atoms with Crippen LogP contribution in [0, 0.1) is 5.41 Å². The summed E-state index contributed by atoms with van der Waals surface area (Å²) >= 11 is 0. The van der Waals surface area contributed by atoms with Crippen molar-refractivity contribution in [3.05, 3.63) is 35.4 Å². The quantitative estimate of drug-likeness (QED) is 0.797. The highest BCUT2D eigenvalue weighted by Gasteiger charge is 2.18. The summed E-state index contributed by atoms with van der Waals surface area (Å²) in [4.78, 5) is 13.6. The van der Waals surface area contributed by atoms with Crippen molar-refractivity contribution in [3.8, 4) is 0 Å². The van der Waals surface area contributed by atoms with Gasteiger partial charge in [0.25, 0.3) is 5.91 Å². The minimum Gasteiger partial charge on any atom is -0.355 e. The third-order valence-electron chi connectivity index (χ3n) is 3.12. The Bertz CT molecular complexity index is 424. The molecule has 4 heteroatoms. The van der Waals surface area contributed by atoms with Gasteiger partial charge in [-0.1, -0.05) is 26.0 Å². The molecule has 0 heterocycles. The molecule has 0 radical (unpaired) electrons. The van der Waals surface area contributed by atoms with Crippen LogP contribution in [0.3, 0.4) is 0 Å². The van der Waals surface area contributed by atoms with E-state index in [9.17, 15) is 4.79 Å². The molecule has 0 fully saturated rings. The lowest BCUT2D eigenvalue weighted by Crippen LogP contribution is -2.37. The topological polar surface area (TPSA) is 44.4 Å². The van der Waals surface area contributed by atoms with Crippen LogP contribution >= 0.6 is 0 Å². The molecule has 1 aromatic rings. The van der Waals surface area contributed by atoms with Crippen LogP contribution in [0.1, 0.15) is 29.8 Å². The zero-order valence-corrected chi connectivity index (χ0v) is 13.3. The van der Waals surface area contributed by atoms with Crippen LogP contribution in [0.2, 0.25) is 0 Å². The van der Waals surface area contributed by atoms with Gasteiger partial charge in [0.2, 0.25) is 0 Å². The van der Waals surface area contributed by atoms with Crippen LogP contribution in [-0.4, -0.2) is 45.0 Å². The molecule has 0 aliphatic rings. The molecular formula is C16H27N3O. The van der Waals surface area contributed by atoms with Crippen molar-refractivity contribution in [3.63, 3.8) is 0 Å². The van der Waals surface area contributed by atoms with E-state index in [0.29, 0.717) is 5.56 Å². The summed E-state index contributed by atoms with van der Waals surface area (Å²) in [5.41, 5.74) is 2.13. The first-order valence-corrected chi connectivity index (χ1v) is 7.00. The van der Waals surface area contributed by atoms with Gasteiger partial charge in [-0.25, -0.2) is 0 Å². The molecule has 1 rings (SSSR count). The Labute approximate surface area is 122 Å². The molecule has 0 aromatic heterocycles. The van der Waals surface area contributed by atoms with Crippen molar-refractivity contribution in [1.29, 1.82) is 0 Å². The van der Waals surface area contributed by atoms with Crippen molar-refractivity contribution in [2.45, 2.75) is 20.4 Å². The van der Waals surface area contributed by atoms with Crippen molar-refractivity contribution in [1.82, 2.24) is 15.5 Å². The average molecular weight is 277 g/mol. The number of hydrogen-bond donors (Lipinski definition) is 2. The standard InChI is InChI=1S/C16H27N3O/c1-16(2,12-19(4)5)11-18-10-13-6-8-14(9-7-13)15(20)17-3/h6-9,18H,10-12H2,1-5H3,(H,17,20). The van der Waals surface area contributed by atoms with Crippen LogP contribution in [0.15, 0.2) is 24.3 Å². The molecular weight excluding hydrogens is 250 g/mol. The fraction of sp³-hybridized carbons (Fsp3) is 0.562. The molecule has 0 aliphatic heterocycles. The van der Waals surface area contributed by atoms with Crippen molar-refractivity contribution in [2.24, 2.45) is 5.41 Å². The SMILES string of the molecule is CNC(=O)c1ccc(CNCC(C)(C)CN(C)C)cc1. The lowest BCUT2D eigenvalue weighted by atomic mass is 9.93. The predicted octanol–water partition coefficient (Wildman–Crippen LogP) is 1.72. The van der Waals surface area contributed by atoms with E-state index in [2.05, 4.69) is 43.5 Å². The monoisotopic (exact) mass is 277 g/mol. The van der Waals surface area contributed by atoms with Gasteiger partial charge >= 0.3 is 0 Å². The molecule has 0 unspecified atom stereocenters. The second kappa shape index (κ2) is 7.41. The molecule has 2 N–H and O–H groups in total. The predicted molar refractivity (Wildman–Crippen MR) is 83.9 cm³/mol. The number of nitrogens with zero attached hydrogens (tertiary/aromatic N) is 1. The van der Waals surface area contributed by atoms with E-state index >= 15 is 0 Å². The average Bonchev–Trinajstić information content (AvgIpc) is 2.37. The summed E-state index contributed by atoms with van der Waals surface area (Å²) in [5, 5.41) is 6.11. The first-order valence-electron chi connectivity index (χ1n) is 7.00. The van der Waals surface area contributed by atoms with E-state index in [-0.39, 0.29) is 11.3 Å². The minimum atomic E-state index is -0.0448. The third-order valence-corrected chi connectivity index (χ3v) is 3.12. The van der Waals surface area contributed by atoms with Crippen LogP contribution in [0.4, 0.5) is 0 Å². The highest BCUT2D eigenvalue weighted by atomic mass is 16.1. The van der Waals surface area contributed by atoms with E-state index in [0.717, 1.165) is 19.6 Å². The molecule has 0 bridgehead atoms. The van der Waals surface area contributed by atoms with Crippen molar-refractivity contribution in [2.75, 3.05) is 34.2 Å². The van der Waals surface area contributed by atoms with Gasteiger partial charge in [0.1, 0.15) is 0 Å². The number of amides is 1. The van der Waals surface area contributed by atoms with Gasteiger partial charge in [0.05, 0.1) is 0 Å². The molecule has 1 aromatic carbocycles. The van der Waals surface area contributed by atoms with E-state index in [4.69, 9.17) is 0 Å². The number of benzene rings is 1. The lowest BCUT2D eigenvalue weighted by molar-refractivity contribution is 0.0963. The number of hydrogen-bond acceptors (Lipinski definition) is 3. The van der Waals surface area contributed by atoms with Crippen LogP contribution in [0.5, 0.6) is 0 Å². The zero-order chi connectivity index (χ0) is 15.2. The Kier molecular flexibility index (Phi) is 6.17. The van der Waals surface area contributed by atoms with Crippen molar-refractivity contribution < 1.29 is 4.79 Å². The highest BCUT2D eigenvalue weighted by Crippen LogP contribution is 2.14. The number of rotatable bonds is 7. The van der Waals surface area contributed by atoms with Gasteiger partial charge in [0, 0.05) is 32.2 Å². The first kappa shape index (κ1) is 16.7. The Morgan fingerprint density at radius 1 is 1.20 bits per heavy atom. The van der Waals surface area contributed by atoms with E-state index in [1.54, 1.807) is 7.05 Å². The van der Waals surface area contributed by atoms with Crippen molar-refractivity contribution >= 4 is 5.91 Å². The van der Waals surface area contributed by atoms with Gasteiger partial charge in [0.15, 0.2) is 0 Å². The molecule has 1 amide bonds. The molecule has 112 valence electrons. The Morgan fingerprint density at radius 2 is 1.80 bits per heavy atom. The lowest BCUT2D eigenvalue weighted by Gasteiger charge is -2.28. The Balaban J connectivity index is 2.44. The molecule has 0 saturated heterocycles. The van der Waals surface area contributed by atoms with Crippen LogP contribution in [0.25, 0.3) is 0 Å². The molecule has 0 saturated carbocycles. The molecule has 4 nitrogen and oxygen atoms in total. The second-order valence-electron chi connectivity index (χ2n) is 6.28. The van der Waals surface area contributed by atoms with E-state index < -0.39 is 0 Å². The Hall–Kier alpha value is -1.39. The maximum atomic E-state index is 11.4. The summed E-state index contributed by atoms with van der Waals surface area (Å²) in [7, 11) is 5.84. The summed E-state index contributed by atoms with van der Waals surface area (Å²) in [6, 6.07) is 7.72. The molecule has 0 spiro atoms. The van der Waals surface area contributed by atoms with E-state index in [1.807, 2.05) is 24.3 Å². The minimum absolute atomic E-state index is 0.0448. The first-order chi connectivity index (χ1) is 9.34. The van der Waals surface area contributed by atoms with Gasteiger partial charge in [-0.3, -0.25) is 4.79 Å². The second-order valence-corrected chi connectivity index (χ2v) is 6.28. The number of nitrogens with one attached hydrogen (secondary N) is 2.